The first-order chi connectivity index (χ1) is 9.74. The van der Waals surface area contributed by atoms with Crippen molar-refractivity contribution < 1.29 is 27.5 Å². The Balaban J connectivity index is 2.52. The minimum atomic E-state index is -3.85. The number of aromatic carboxylic acids is 1. The van der Waals surface area contributed by atoms with Crippen molar-refractivity contribution in [3.63, 3.8) is 0 Å². The van der Waals surface area contributed by atoms with Gasteiger partial charge in [0.15, 0.2) is 4.67 Å². The number of ether oxygens (including phenoxy) is 1. The van der Waals surface area contributed by atoms with Gasteiger partial charge in [-0.3, -0.25) is 0 Å². The fourth-order valence-corrected chi connectivity index (χ4v) is 3.27. The van der Waals surface area contributed by atoms with Crippen LogP contribution in [0.4, 0.5) is 0 Å². The van der Waals surface area contributed by atoms with E-state index in [0.717, 1.165) is 12.6 Å². The minimum absolute atomic E-state index is 0.0792. The Morgan fingerprint density at radius 2 is 2.14 bits per heavy atom. The van der Waals surface area contributed by atoms with Gasteiger partial charge in [0.1, 0.15) is 4.90 Å². The van der Waals surface area contributed by atoms with Gasteiger partial charge in [0.25, 0.3) is 0 Å². The Labute approximate surface area is 131 Å². The number of halogens is 1. The van der Waals surface area contributed by atoms with Crippen molar-refractivity contribution in [2.75, 3.05) is 40.4 Å². The third-order valence-electron chi connectivity index (χ3n) is 2.38. The number of carboxylic acids is 1. The molecule has 0 saturated carbocycles. The van der Waals surface area contributed by atoms with Gasteiger partial charge in [-0.2, -0.15) is 0 Å². The fraction of sp³-hybridized carbons (Fsp3) is 0.545. The molecule has 0 aromatic carbocycles. The number of nitrogens with zero attached hydrogens (tertiary/aromatic N) is 1. The van der Waals surface area contributed by atoms with E-state index in [1.54, 1.807) is 0 Å². The normalized spacial score (nSPS) is 12.0. The van der Waals surface area contributed by atoms with Crippen LogP contribution in [0, 0.1) is 0 Å². The molecule has 0 bridgehead atoms. The number of carbonyl (C=O) groups is 1. The van der Waals surface area contributed by atoms with E-state index in [2.05, 4.69) is 20.7 Å². The van der Waals surface area contributed by atoms with E-state index in [1.807, 2.05) is 19.0 Å². The van der Waals surface area contributed by atoms with E-state index in [4.69, 9.17) is 14.3 Å². The van der Waals surface area contributed by atoms with Crippen LogP contribution in [0.2, 0.25) is 0 Å². The Bertz CT molecular complexity index is 584. The topological polar surface area (TPSA) is 109 Å². The van der Waals surface area contributed by atoms with Gasteiger partial charge in [-0.05, 0) is 30.0 Å². The lowest BCUT2D eigenvalue weighted by Crippen LogP contribution is -2.28. The molecule has 1 aromatic heterocycles. The van der Waals surface area contributed by atoms with Crippen LogP contribution in [0.3, 0.4) is 0 Å². The summed E-state index contributed by atoms with van der Waals surface area (Å²) in [5.74, 6) is -1.80. The average Bonchev–Trinajstić information content (AvgIpc) is 2.76. The predicted molar refractivity (Wildman–Crippen MR) is 77.9 cm³/mol. The van der Waals surface area contributed by atoms with Crippen LogP contribution in [0.1, 0.15) is 10.6 Å². The quantitative estimate of drug-likeness (QED) is 0.599. The molecule has 0 aliphatic heterocycles. The first-order valence-corrected chi connectivity index (χ1v) is 8.26. The monoisotopic (exact) mass is 384 g/mol. The second-order valence-corrected chi connectivity index (χ2v) is 6.82. The van der Waals surface area contributed by atoms with Gasteiger partial charge in [-0.25, -0.2) is 17.9 Å². The summed E-state index contributed by atoms with van der Waals surface area (Å²) >= 11 is 2.89. The van der Waals surface area contributed by atoms with Gasteiger partial charge >= 0.3 is 5.97 Å². The van der Waals surface area contributed by atoms with Crippen LogP contribution in [-0.2, 0) is 14.8 Å². The van der Waals surface area contributed by atoms with E-state index in [1.165, 1.54) is 0 Å². The minimum Gasteiger partial charge on any atom is -0.475 e. The molecule has 0 saturated heterocycles. The molecule has 8 nitrogen and oxygen atoms in total. The van der Waals surface area contributed by atoms with Gasteiger partial charge in [0, 0.05) is 19.2 Å². The molecule has 1 rings (SSSR count). The highest BCUT2D eigenvalue weighted by molar-refractivity contribution is 9.10. The lowest BCUT2D eigenvalue weighted by Gasteiger charge is -2.10. The van der Waals surface area contributed by atoms with Crippen LogP contribution >= 0.6 is 15.9 Å². The van der Waals surface area contributed by atoms with E-state index in [0.29, 0.717) is 6.61 Å². The predicted octanol–water partition coefficient (Wildman–Crippen LogP) is 0.597. The molecule has 0 unspecified atom stereocenters. The van der Waals surface area contributed by atoms with Crippen molar-refractivity contribution in [1.82, 2.24) is 9.62 Å². The van der Waals surface area contributed by atoms with Crippen molar-refractivity contribution in [2.24, 2.45) is 0 Å². The fourth-order valence-electron chi connectivity index (χ4n) is 1.32. The molecule has 0 aliphatic carbocycles. The summed E-state index contributed by atoms with van der Waals surface area (Å²) in [5, 5.41) is 8.75. The van der Waals surface area contributed by atoms with Crippen LogP contribution in [0.25, 0.3) is 0 Å². The van der Waals surface area contributed by atoms with Gasteiger partial charge in [0.2, 0.25) is 15.8 Å². The third-order valence-corrected chi connectivity index (χ3v) is 4.70. The third kappa shape index (κ3) is 5.75. The van der Waals surface area contributed by atoms with Crippen molar-refractivity contribution in [2.45, 2.75) is 4.90 Å². The maximum atomic E-state index is 12.0. The molecule has 0 fully saturated rings. The van der Waals surface area contributed by atoms with Crippen LogP contribution in [0.15, 0.2) is 20.0 Å². The SMILES string of the molecule is CN(C)CCOCCNS(=O)(=O)c1cc(C(=O)O)oc1Br. The highest BCUT2D eigenvalue weighted by Crippen LogP contribution is 2.25. The Morgan fingerprint density at radius 3 is 2.67 bits per heavy atom. The molecule has 0 radical (unpaired) electrons. The van der Waals surface area contributed by atoms with Crippen molar-refractivity contribution >= 4 is 31.9 Å². The molecule has 10 heteroatoms. The summed E-state index contributed by atoms with van der Waals surface area (Å²) in [4.78, 5) is 12.4. The molecular formula is C11H17BrN2O6S. The van der Waals surface area contributed by atoms with Crippen LogP contribution < -0.4 is 4.72 Å². The summed E-state index contributed by atoms with van der Waals surface area (Å²) < 4.78 is 36.1. The van der Waals surface area contributed by atoms with Crippen LogP contribution in [-0.4, -0.2) is 64.8 Å². The standard InChI is InChI=1S/C11H17BrN2O6S/c1-14(2)4-6-19-5-3-13-21(17,18)9-7-8(11(15)16)20-10(9)12/h7,13H,3-6H2,1-2H3,(H,15,16). The molecular weight excluding hydrogens is 368 g/mol. The number of hydrogen-bond donors (Lipinski definition) is 2. The molecule has 0 aliphatic rings. The van der Waals surface area contributed by atoms with Gasteiger partial charge < -0.3 is 19.2 Å². The van der Waals surface area contributed by atoms with E-state index < -0.39 is 21.8 Å². The summed E-state index contributed by atoms with van der Waals surface area (Å²) in [5.41, 5.74) is 0. The van der Waals surface area contributed by atoms with Gasteiger partial charge in [-0.15, -0.1) is 0 Å². The largest absolute Gasteiger partial charge is 0.475 e. The lowest BCUT2D eigenvalue weighted by atomic mass is 10.5. The van der Waals surface area contributed by atoms with Crippen molar-refractivity contribution in [1.29, 1.82) is 0 Å². The maximum Gasteiger partial charge on any atom is 0.371 e. The summed E-state index contributed by atoms with van der Waals surface area (Å²) in [6.07, 6.45) is 0. The number of furan rings is 1. The van der Waals surface area contributed by atoms with Gasteiger partial charge in [0.05, 0.1) is 13.2 Å². The number of likely N-dealkylation sites (N-methyl/N-ethyl adjacent to an activating group) is 1. The second kappa shape index (κ2) is 7.90. The lowest BCUT2D eigenvalue weighted by molar-refractivity contribution is 0.0661. The number of rotatable bonds is 9. The number of carboxylic acid groups (broad SMARTS) is 1. The molecule has 2 N–H and O–H groups in total. The number of sulfonamides is 1. The first kappa shape index (κ1) is 18.1. The summed E-state index contributed by atoms with van der Waals surface area (Å²) in [7, 11) is -0.0409. The van der Waals surface area contributed by atoms with E-state index >= 15 is 0 Å². The van der Waals surface area contributed by atoms with Crippen molar-refractivity contribution in [3.8, 4) is 0 Å². The molecule has 0 spiro atoms. The Kier molecular flexibility index (Phi) is 6.81. The maximum absolute atomic E-state index is 12.0. The highest BCUT2D eigenvalue weighted by atomic mass is 79.9. The second-order valence-electron chi connectivity index (χ2n) is 4.37. The molecule has 0 amide bonds. The smallest absolute Gasteiger partial charge is 0.371 e. The van der Waals surface area contributed by atoms with E-state index in [-0.39, 0.29) is 22.7 Å². The molecule has 120 valence electrons. The zero-order valence-electron chi connectivity index (χ0n) is 11.6. The van der Waals surface area contributed by atoms with Crippen molar-refractivity contribution in [3.05, 3.63) is 16.5 Å². The molecule has 21 heavy (non-hydrogen) atoms. The number of hydrogen-bond acceptors (Lipinski definition) is 6. The average molecular weight is 385 g/mol. The Hall–Kier alpha value is -0.940. The summed E-state index contributed by atoms with van der Waals surface area (Å²) in [6.45, 7) is 1.53. The highest BCUT2D eigenvalue weighted by Gasteiger charge is 2.24. The van der Waals surface area contributed by atoms with E-state index in [9.17, 15) is 13.2 Å². The molecule has 0 atom stereocenters. The zero-order chi connectivity index (χ0) is 16.0. The first-order valence-electron chi connectivity index (χ1n) is 5.99. The zero-order valence-corrected chi connectivity index (χ0v) is 14.0. The Morgan fingerprint density at radius 1 is 1.48 bits per heavy atom. The number of nitrogens with one attached hydrogen (secondary N) is 1. The molecule has 1 heterocycles. The van der Waals surface area contributed by atoms with Crippen LogP contribution in [0.5, 0.6) is 0 Å². The summed E-state index contributed by atoms with van der Waals surface area (Å²) in [6, 6.07) is 0.946. The van der Waals surface area contributed by atoms with Gasteiger partial charge in [-0.1, -0.05) is 0 Å². The molecule has 1 aromatic rings.